The van der Waals surface area contributed by atoms with Gasteiger partial charge in [-0.05, 0) is 27.7 Å². The van der Waals surface area contributed by atoms with Gasteiger partial charge < -0.3 is 21.2 Å². The molecule has 6 nitrogen and oxygen atoms in total. The van der Waals surface area contributed by atoms with Crippen LogP contribution in [-0.2, 0) is 0 Å². The molecule has 0 aliphatic heterocycles. The predicted octanol–water partition coefficient (Wildman–Crippen LogP) is 0.563. The lowest BCUT2D eigenvalue weighted by Crippen LogP contribution is -2.56. The topological polar surface area (TPSA) is 91.0 Å². The third kappa shape index (κ3) is 3.65. The van der Waals surface area contributed by atoms with E-state index in [1.165, 1.54) is 0 Å². The quantitative estimate of drug-likeness (QED) is 0.277. The van der Waals surface area contributed by atoms with Crippen LogP contribution in [0.4, 0.5) is 4.79 Å². The largest absolute Gasteiger partial charge is 0.409 e. The fourth-order valence-corrected chi connectivity index (χ4v) is 1.05. The SMILES string of the molecule is CCN(CC)C(=O)NC(C)(C)C(N)=NO. The molecule has 0 aromatic heterocycles. The number of urea groups is 1. The summed E-state index contributed by atoms with van der Waals surface area (Å²) < 4.78 is 0. The van der Waals surface area contributed by atoms with Crippen LogP contribution in [0.2, 0.25) is 0 Å². The van der Waals surface area contributed by atoms with E-state index in [0.29, 0.717) is 13.1 Å². The second-order valence-corrected chi connectivity index (χ2v) is 3.71. The van der Waals surface area contributed by atoms with Gasteiger partial charge in [0.1, 0.15) is 0 Å². The summed E-state index contributed by atoms with van der Waals surface area (Å²) in [6.45, 7) is 8.36. The Labute approximate surface area is 90.1 Å². The highest BCUT2D eigenvalue weighted by atomic mass is 16.4. The van der Waals surface area contributed by atoms with E-state index in [4.69, 9.17) is 10.9 Å². The van der Waals surface area contributed by atoms with Gasteiger partial charge in [-0.15, -0.1) is 0 Å². The van der Waals surface area contributed by atoms with Gasteiger partial charge in [0, 0.05) is 13.1 Å². The van der Waals surface area contributed by atoms with E-state index in [9.17, 15) is 4.79 Å². The fourth-order valence-electron chi connectivity index (χ4n) is 1.05. The van der Waals surface area contributed by atoms with Crippen LogP contribution in [0.1, 0.15) is 27.7 Å². The van der Waals surface area contributed by atoms with Crippen LogP contribution in [0.15, 0.2) is 5.16 Å². The maximum atomic E-state index is 11.7. The van der Waals surface area contributed by atoms with Crippen LogP contribution in [0.25, 0.3) is 0 Å². The normalized spacial score (nSPS) is 12.4. The van der Waals surface area contributed by atoms with Gasteiger partial charge in [0.2, 0.25) is 0 Å². The summed E-state index contributed by atoms with van der Waals surface area (Å²) in [5.74, 6) is -0.0250. The van der Waals surface area contributed by atoms with Crippen molar-refractivity contribution in [2.45, 2.75) is 33.2 Å². The minimum absolute atomic E-state index is 0.0250. The molecule has 6 heteroatoms. The van der Waals surface area contributed by atoms with E-state index in [1.807, 2.05) is 13.8 Å². The summed E-state index contributed by atoms with van der Waals surface area (Å²) in [6.07, 6.45) is 0. The van der Waals surface area contributed by atoms with Crippen molar-refractivity contribution in [3.05, 3.63) is 0 Å². The zero-order chi connectivity index (χ0) is 12.1. The van der Waals surface area contributed by atoms with Crippen molar-refractivity contribution in [2.75, 3.05) is 13.1 Å². The third-order valence-corrected chi connectivity index (χ3v) is 2.22. The van der Waals surface area contributed by atoms with Crippen molar-refractivity contribution in [1.29, 1.82) is 0 Å². The summed E-state index contributed by atoms with van der Waals surface area (Å²) >= 11 is 0. The maximum Gasteiger partial charge on any atom is 0.318 e. The highest BCUT2D eigenvalue weighted by molar-refractivity contribution is 5.92. The molecule has 4 N–H and O–H groups in total. The Kier molecular flexibility index (Phi) is 4.90. The van der Waals surface area contributed by atoms with E-state index < -0.39 is 5.54 Å². The van der Waals surface area contributed by atoms with Crippen molar-refractivity contribution in [3.8, 4) is 0 Å². The molecule has 2 amide bonds. The molecule has 0 aromatic rings. The number of amides is 2. The first-order valence-corrected chi connectivity index (χ1v) is 4.94. The molecule has 0 saturated carbocycles. The molecule has 0 aliphatic carbocycles. The summed E-state index contributed by atoms with van der Waals surface area (Å²) in [5, 5.41) is 14.1. The minimum Gasteiger partial charge on any atom is -0.409 e. The number of hydrogen-bond acceptors (Lipinski definition) is 3. The molecule has 0 aromatic carbocycles. The summed E-state index contributed by atoms with van der Waals surface area (Å²) in [7, 11) is 0. The Morgan fingerprint density at radius 1 is 1.47 bits per heavy atom. The number of amidine groups is 1. The van der Waals surface area contributed by atoms with E-state index in [1.54, 1.807) is 18.7 Å². The van der Waals surface area contributed by atoms with Crippen molar-refractivity contribution in [1.82, 2.24) is 10.2 Å². The lowest BCUT2D eigenvalue weighted by molar-refractivity contribution is 0.197. The second-order valence-electron chi connectivity index (χ2n) is 3.71. The number of carbonyl (C=O) groups excluding carboxylic acids is 1. The first-order chi connectivity index (χ1) is 6.88. The average Bonchev–Trinajstić information content (AvgIpc) is 2.17. The van der Waals surface area contributed by atoms with Gasteiger partial charge in [-0.25, -0.2) is 4.79 Å². The zero-order valence-corrected chi connectivity index (χ0v) is 9.74. The van der Waals surface area contributed by atoms with E-state index in [-0.39, 0.29) is 11.9 Å². The number of oxime groups is 1. The van der Waals surface area contributed by atoms with Crippen molar-refractivity contribution < 1.29 is 10.0 Å². The molecule has 0 bridgehead atoms. The monoisotopic (exact) mass is 216 g/mol. The van der Waals surface area contributed by atoms with Gasteiger partial charge in [-0.1, -0.05) is 5.16 Å². The minimum atomic E-state index is -0.853. The van der Waals surface area contributed by atoms with Crippen molar-refractivity contribution >= 4 is 11.9 Å². The number of nitrogens with two attached hydrogens (primary N) is 1. The first-order valence-electron chi connectivity index (χ1n) is 4.94. The maximum absolute atomic E-state index is 11.7. The van der Waals surface area contributed by atoms with Gasteiger partial charge in [-0.3, -0.25) is 0 Å². The Bertz CT molecular complexity index is 246. The van der Waals surface area contributed by atoms with Gasteiger partial charge in [0.05, 0.1) is 5.54 Å². The van der Waals surface area contributed by atoms with Gasteiger partial charge in [0.15, 0.2) is 5.84 Å². The molecule has 15 heavy (non-hydrogen) atoms. The summed E-state index contributed by atoms with van der Waals surface area (Å²) in [6, 6.07) is -0.225. The van der Waals surface area contributed by atoms with Crippen LogP contribution in [0.3, 0.4) is 0 Å². The number of hydrogen-bond donors (Lipinski definition) is 3. The summed E-state index contributed by atoms with van der Waals surface area (Å²) in [5.41, 5.74) is 4.60. The second kappa shape index (κ2) is 5.43. The van der Waals surface area contributed by atoms with Crippen LogP contribution in [0.5, 0.6) is 0 Å². The lowest BCUT2D eigenvalue weighted by atomic mass is 10.1. The number of carbonyl (C=O) groups is 1. The van der Waals surface area contributed by atoms with Crippen molar-refractivity contribution in [3.63, 3.8) is 0 Å². The highest BCUT2D eigenvalue weighted by Gasteiger charge is 2.27. The van der Waals surface area contributed by atoms with E-state index >= 15 is 0 Å². The standard InChI is InChI=1S/C9H20N4O2/c1-5-13(6-2)8(14)11-9(3,4)7(10)12-15/h15H,5-6H2,1-4H3,(H2,10,12)(H,11,14). The molecule has 0 radical (unpaired) electrons. The Hall–Kier alpha value is -1.46. The highest BCUT2D eigenvalue weighted by Crippen LogP contribution is 2.03. The van der Waals surface area contributed by atoms with E-state index in [0.717, 1.165) is 0 Å². The van der Waals surface area contributed by atoms with Gasteiger partial charge in [0.25, 0.3) is 0 Å². The van der Waals surface area contributed by atoms with Crippen molar-refractivity contribution in [2.24, 2.45) is 10.9 Å². The first kappa shape index (κ1) is 13.5. The molecule has 0 atom stereocenters. The average molecular weight is 216 g/mol. The number of nitrogens with one attached hydrogen (secondary N) is 1. The fraction of sp³-hybridized carbons (Fsp3) is 0.778. The molecule has 0 rings (SSSR count). The lowest BCUT2D eigenvalue weighted by Gasteiger charge is -2.28. The number of rotatable bonds is 4. The Balaban J connectivity index is 4.52. The molecular weight excluding hydrogens is 196 g/mol. The third-order valence-electron chi connectivity index (χ3n) is 2.22. The zero-order valence-electron chi connectivity index (χ0n) is 9.74. The smallest absolute Gasteiger partial charge is 0.318 e. The molecule has 0 heterocycles. The molecular formula is C9H20N4O2. The molecule has 0 aliphatic rings. The van der Waals surface area contributed by atoms with Gasteiger partial charge >= 0.3 is 6.03 Å². The Morgan fingerprint density at radius 3 is 2.27 bits per heavy atom. The van der Waals surface area contributed by atoms with Crippen LogP contribution >= 0.6 is 0 Å². The van der Waals surface area contributed by atoms with Gasteiger partial charge in [-0.2, -0.15) is 0 Å². The van der Waals surface area contributed by atoms with Crippen LogP contribution < -0.4 is 11.1 Å². The molecule has 88 valence electrons. The molecule has 0 unspecified atom stereocenters. The number of nitrogens with zero attached hydrogens (tertiary/aromatic N) is 2. The van der Waals surface area contributed by atoms with Crippen LogP contribution in [0, 0.1) is 0 Å². The summed E-state index contributed by atoms with van der Waals surface area (Å²) in [4.78, 5) is 13.3. The molecule has 0 saturated heterocycles. The Morgan fingerprint density at radius 2 is 1.93 bits per heavy atom. The van der Waals surface area contributed by atoms with E-state index in [2.05, 4.69) is 10.5 Å². The molecule has 0 fully saturated rings. The molecule has 0 spiro atoms. The van der Waals surface area contributed by atoms with Crippen LogP contribution in [-0.4, -0.2) is 40.6 Å². The predicted molar refractivity (Wildman–Crippen MR) is 58.9 cm³/mol.